The second kappa shape index (κ2) is 4.07. The number of benzene rings is 1. The molecule has 0 aliphatic heterocycles. The first-order valence-corrected chi connectivity index (χ1v) is 5.56. The van der Waals surface area contributed by atoms with E-state index in [9.17, 15) is 0 Å². The van der Waals surface area contributed by atoms with Gasteiger partial charge in [-0.3, -0.25) is 0 Å². The van der Waals surface area contributed by atoms with Crippen LogP contribution in [0.1, 0.15) is 31.0 Å². The van der Waals surface area contributed by atoms with Crippen molar-refractivity contribution in [1.29, 1.82) is 0 Å². The van der Waals surface area contributed by atoms with Crippen LogP contribution in [0, 0.1) is 0 Å². The predicted molar refractivity (Wildman–Crippen MR) is 65.1 cm³/mol. The first-order valence-electron chi connectivity index (χ1n) is 5.56. The molecule has 0 amide bonds. The molecule has 2 rings (SSSR count). The Morgan fingerprint density at radius 3 is 2.80 bits per heavy atom. The molecule has 0 aliphatic rings. The Hall–Kier alpha value is -1.28. The van der Waals surface area contributed by atoms with Crippen LogP contribution in [0.4, 0.5) is 0 Å². The van der Waals surface area contributed by atoms with Gasteiger partial charge in [0.25, 0.3) is 0 Å². The molecule has 2 aromatic rings. The van der Waals surface area contributed by atoms with Gasteiger partial charge in [-0.25, -0.2) is 0 Å². The number of aromatic amines is 1. The van der Waals surface area contributed by atoms with Crippen LogP contribution in [0.5, 0.6) is 0 Å². The van der Waals surface area contributed by atoms with Crippen molar-refractivity contribution >= 4 is 10.9 Å². The molecule has 0 radical (unpaired) electrons. The first kappa shape index (κ1) is 10.2. The summed E-state index contributed by atoms with van der Waals surface area (Å²) in [7, 11) is 0. The van der Waals surface area contributed by atoms with Gasteiger partial charge in [-0.2, -0.15) is 0 Å². The molecule has 0 saturated carbocycles. The molecule has 1 aromatic carbocycles. The third kappa shape index (κ3) is 1.90. The highest BCUT2D eigenvalue weighted by molar-refractivity contribution is 5.81. The zero-order valence-corrected chi connectivity index (χ0v) is 9.38. The fraction of sp³-hybridized carbons (Fsp3) is 0.385. The standard InChI is InChI=1S/C13H18N2/c1-3-10-4-5-12-11(6-10)7-13(15-12)9(2)8-14/h4-7,9,15H,3,8,14H2,1-2H3. The summed E-state index contributed by atoms with van der Waals surface area (Å²) in [5.74, 6) is 0.405. The van der Waals surface area contributed by atoms with Crippen LogP contribution >= 0.6 is 0 Å². The van der Waals surface area contributed by atoms with E-state index >= 15 is 0 Å². The van der Waals surface area contributed by atoms with Crippen LogP contribution in [0.25, 0.3) is 10.9 Å². The maximum absolute atomic E-state index is 5.66. The molecule has 2 heteroatoms. The molecule has 0 bridgehead atoms. The van der Waals surface area contributed by atoms with Crippen LogP contribution < -0.4 is 5.73 Å². The Labute approximate surface area is 90.5 Å². The van der Waals surface area contributed by atoms with Crippen LogP contribution in [0.15, 0.2) is 24.3 Å². The van der Waals surface area contributed by atoms with Crippen molar-refractivity contribution < 1.29 is 0 Å². The van der Waals surface area contributed by atoms with Crippen LogP contribution in [-0.4, -0.2) is 11.5 Å². The lowest BCUT2D eigenvalue weighted by molar-refractivity contribution is 0.754. The zero-order valence-electron chi connectivity index (χ0n) is 9.38. The van der Waals surface area contributed by atoms with E-state index in [4.69, 9.17) is 5.73 Å². The van der Waals surface area contributed by atoms with Gasteiger partial charge in [0.2, 0.25) is 0 Å². The van der Waals surface area contributed by atoms with Gasteiger partial charge in [0, 0.05) is 23.7 Å². The molecular formula is C13H18N2. The first-order chi connectivity index (χ1) is 7.24. The molecule has 0 fully saturated rings. The SMILES string of the molecule is CCc1ccc2[nH]c(C(C)CN)cc2c1. The molecule has 1 aromatic heterocycles. The summed E-state index contributed by atoms with van der Waals surface area (Å²) >= 11 is 0. The number of aromatic nitrogens is 1. The normalized spacial score (nSPS) is 13.3. The Morgan fingerprint density at radius 2 is 2.13 bits per heavy atom. The highest BCUT2D eigenvalue weighted by Crippen LogP contribution is 2.21. The lowest BCUT2D eigenvalue weighted by atomic mass is 10.1. The van der Waals surface area contributed by atoms with Gasteiger partial charge in [0.15, 0.2) is 0 Å². The van der Waals surface area contributed by atoms with Gasteiger partial charge < -0.3 is 10.7 Å². The topological polar surface area (TPSA) is 41.8 Å². The minimum absolute atomic E-state index is 0.405. The smallest absolute Gasteiger partial charge is 0.0456 e. The highest BCUT2D eigenvalue weighted by atomic mass is 14.7. The molecule has 1 heterocycles. The van der Waals surface area contributed by atoms with Gasteiger partial charge in [-0.15, -0.1) is 0 Å². The van der Waals surface area contributed by atoms with E-state index in [1.54, 1.807) is 0 Å². The van der Waals surface area contributed by atoms with Crippen LogP contribution in [0.3, 0.4) is 0 Å². The summed E-state index contributed by atoms with van der Waals surface area (Å²) in [6.07, 6.45) is 1.09. The lowest BCUT2D eigenvalue weighted by Gasteiger charge is -2.03. The number of nitrogens with one attached hydrogen (secondary N) is 1. The third-order valence-electron chi connectivity index (χ3n) is 3.00. The third-order valence-corrected chi connectivity index (χ3v) is 3.00. The van der Waals surface area contributed by atoms with Crippen molar-refractivity contribution in [2.75, 3.05) is 6.54 Å². The van der Waals surface area contributed by atoms with Crippen LogP contribution in [-0.2, 0) is 6.42 Å². The van der Waals surface area contributed by atoms with Crippen molar-refractivity contribution in [3.8, 4) is 0 Å². The minimum Gasteiger partial charge on any atom is -0.358 e. The molecule has 80 valence electrons. The summed E-state index contributed by atoms with van der Waals surface area (Å²) in [6, 6.07) is 8.79. The Kier molecular flexibility index (Phi) is 2.78. The number of aryl methyl sites for hydroxylation is 1. The van der Waals surface area contributed by atoms with Gasteiger partial charge in [-0.1, -0.05) is 19.9 Å². The number of H-pyrrole nitrogens is 1. The van der Waals surface area contributed by atoms with Crippen LogP contribution in [0.2, 0.25) is 0 Å². The summed E-state index contributed by atoms with van der Waals surface area (Å²) in [5, 5.41) is 1.30. The summed E-state index contributed by atoms with van der Waals surface area (Å²) in [6.45, 7) is 5.01. The second-order valence-electron chi connectivity index (χ2n) is 4.14. The summed E-state index contributed by atoms with van der Waals surface area (Å²) < 4.78 is 0. The predicted octanol–water partition coefficient (Wildman–Crippen LogP) is 2.79. The van der Waals surface area contributed by atoms with Gasteiger partial charge in [0.1, 0.15) is 0 Å². The van der Waals surface area contributed by atoms with Crippen molar-refractivity contribution in [2.45, 2.75) is 26.2 Å². The van der Waals surface area contributed by atoms with Gasteiger partial charge in [0.05, 0.1) is 0 Å². The quantitative estimate of drug-likeness (QED) is 0.789. The molecule has 1 unspecified atom stereocenters. The maximum atomic E-state index is 5.66. The number of hydrogen-bond donors (Lipinski definition) is 2. The Balaban J connectivity index is 2.46. The second-order valence-corrected chi connectivity index (χ2v) is 4.14. The van der Waals surface area contributed by atoms with E-state index < -0.39 is 0 Å². The molecule has 15 heavy (non-hydrogen) atoms. The summed E-state index contributed by atoms with van der Waals surface area (Å²) in [5.41, 5.74) is 9.49. The van der Waals surface area contributed by atoms with Crippen molar-refractivity contribution in [3.05, 3.63) is 35.5 Å². The molecule has 0 aliphatic carbocycles. The number of rotatable bonds is 3. The fourth-order valence-corrected chi connectivity index (χ4v) is 1.82. The lowest BCUT2D eigenvalue weighted by Crippen LogP contribution is -2.08. The van der Waals surface area contributed by atoms with E-state index in [0.717, 1.165) is 6.42 Å². The molecule has 3 N–H and O–H groups in total. The van der Waals surface area contributed by atoms with Gasteiger partial charge >= 0.3 is 0 Å². The Morgan fingerprint density at radius 1 is 1.33 bits per heavy atom. The molecule has 2 nitrogen and oxygen atoms in total. The van der Waals surface area contributed by atoms with E-state index in [0.29, 0.717) is 12.5 Å². The maximum Gasteiger partial charge on any atom is 0.0456 e. The molecule has 0 saturated heterocycles. The summed E-state index contributed by atoms with van der Waals surface area (Å²) in [4.78, 5) is 3.42. The fourth-order valence-electron chi connectivity index (χ4n) is 1.82. The van der Waals surface area contributed by atoms with Gasteiger partial charge in [-0.05, 0) is 35.6 Å². The highest BCUT2D eigenvalue weighted by Gasteiger charge is 2.07. The number of fused-ring (bicyclic) bond motifs is 1. The largest absolute Gasteiger partial charge is 0.358 e. The minimum atomic E-state index is 0.405. The van der Waals surface area contributed by atoms with Crippen molar-refractivity contribution in [1.82, 2.24) is 4.98 Å². The zero-order chi connectivity index (χ0) is 10.8. The average molecular weight is 202 g/mol. The van der Waals surface area contributed by atoms with E-state index in [1.807, 2.05) is 0 Å². The molecule has 0 spiro atoms. The van der Waals surface area contributed by atoms with E-state index in [2.05, 4.69) is 43.1 Å². The number of hydrogen-bond acceptors (Lipinski definition) is 1. The number of nitrogens with two attached hydrogens (primary N) is 1. The van der Waals surface area contributed by atoms with E-state index in [1.165, 1.54) is 22.2 Å². The average Bonchev–Trinajstić information content (AvgIpc) is 2.70. The molecular weight excluding hydrogens is 184 g/mol. The van der Waals surface area contributed by atoms with Crippen molar-refractivity contribution in [2.24, 2.45) is 5.73 Å². The van der Waals surface area contributed by atoms with E-state index in [-0.39, 0.29) is 0 Å². The monoisotopic (exact) mass is 202 g/mol. The molecule has 1 atom stereocenters. The Bertz CT molecular complexity index is 457. The van der Waals surface area contributed by atoms with Crippen molar-refractivity contribution in [3.63, 3.8) is 0 Å².